The second kappa shape index (κ2) is 10.6. The van der Waals surface area contributed by atoms with E-state index in [0.29, 0.717) is 49.0 Å². The van der Waals surface area contributed by atoms with Gasteiger partial charge in [0.1, 0.15) is 11.6 Å². The zero-order chi connectivity index (χ0) is 24.0. The summed E-state index contributed by atoms with van der Waals surface area (Å²) in [5.74, 6) is -0.346. The lowest BCUT2D eigenvalue weighted by Gasteiger charge is -2.29. The fraction of sp³-hybridized carbons (Fsp3) is 0.208. The van der Waals surface area contributed by atoms with Crippen molar-refractivity contribution in [3.63, 3.8) is 0 Å². The normalized spacial score (nSPS) is 14.4. The molecular formula is C24H24FN3O5S. The lowest BCUT2D eigenvalue weighted by Crippen LogP contribution is -2.36. The van der Waals surface area contributed by atoms with E-state index in [-0.39, 0.29) is 11.4 Å². The Balaban J connectivity index is 1.33. The van der Waals surface area contributed by atoms with Gasteiger partial charge in [0.05, 0.1) is 36.6 Å². The molecule has 34 heavy (non-hydrogen) atoms. The lowest BCUT2D eigenvalue weighted by atomic mass is 10.2. The van der Waals surface area contributed by atoms with Gasteiger partial charge >= 0.3 is 0 Å². The van der Waals surface area contributed by atoms with Crippen LogP contribution in [0.5, 0.6) is 0 Å². The first-order valence-corrected chi connectivity index (χ1v) is 12.1. The lowest BCUT2D eigenvalue weighted by molar-refractivity contribution is -0.111. The number of carbonyl (C=O) groups excluding carboxylic acids is 1. The fourth-order valence-corrected chi connectivity index (χ4v) is 4.42. The molecule has 0 saturated carbocycles. The van der Waals surface area contributed by atoms with Crippen LogP contribution in [0, 0.1) is 5.82 Å². The Morgan fingerprint density at radius 1 is 1.09 bits per heavy atom. The van der Waals surface area contributed by atoms with Crippen molar-refractivity contribution in [2.75, 3.05) is 36.5 Å². The summed E-state index contributed by atoms with van der Waals surface area (Å²) < 4.78 is 52.1. The Morgan fingerprint density at radius 3 is 2.53 bits per heavy atom. The van der Waals surface area contributed by atoms with E-state index in [1.54, 1.807) is 42.5 Å². The molecule has 3 aromatic rings. The van der Waals surface area contributed by atoms with Crippen LogP contribution in [-0.2, 0) is 26.1 Å². The molecule has 0 atom stereocenters. The Bertz CT molecular complexity index is 1250. The highest BCUT2D eigenvalue weighted by molar-refractivity contribution is 7.89. The van der Waals surface area contributed by atoms with Crippen molar-refractivity contribution in [2.24, 2.45) is 0 Å². The van der Waals surface area contributed by atoms with Gasteiger partial charge in [-0.3, -0.25) is 4.79 Å². The number of sulfonamides is 1. The van der Waals surface area contributed by atoms with E-state index in [4.69, 9.17) is 9.15 Å². The number of anilines is 2. The highest BCUT2D eigenvalue weighted by atomic mass is 32.2. The Morgan fingerprint density at radius 2 is 1.85 bits per heavy atom. The number of furan rings is 1. The van der Waals surface area contributed by atoms with Gasteiger partial charge in [0.25, 0.3) is 0 Å². The molecule has 2 N–H and O–H groups in total. The summed E-state index contributed by atoms with van der Waals surface area (Å²) in [5, 5.41) is 2.63. The first-order chi connectivity index (χ1) is 16.4. The number of nitrogens with one attached hydrogen (secondary N) is 2. The van der Waals surface area contributed by atoms with Crippen molar-refractivity contribution in [2.45, 2.75) is 11.4 Å². The SMILES string of the molecule is O=C(/C=C/c1ccc(S(=O)(=O)NCc2ccco2)cc1)Nc1ccc(N2CCOCC2)c(F)c1. The van der Waals surface area contributed by atoms with Crippen LogP contribution in [0.2, 0.25) is 0 Å². The number of nitrogens with zero attached hydrogens (tertiary/aromatic N) is 1. The molecule has 2 heterocycles. The number of morpholine rings is 1. The molecule has 1 fully saturated rings. The molecule has 2 aromatic carbocycles. The van der Waals surface area contributed by atoms with Gasteiger partial charge < -0.3 is 19.4 Å². The molecule has 1 aliphatic rings. The van der Waals surface area contributed by atoms with Crippen LogP contribution in [0.25, 0.3) is 6.08 Å². The Kier molecular flexibility index (Phi) is 7.41. The molecule has 1 aliphatic heterocycles. The van der Waals surface area contributed by atoms with Crippen molar-refractivity contribution in [3.05, 3.63) is 84.1 Å². The first kappa shape index (κ1) is 23.7. The maximum atomic E-state index is 14.5. The van der Waals surface area contributed by atoms with Crippen molar-refractivity contribution in [1.82, 2.24) is 4.72 Å². The second-order valence-electron chi connectivity index (χ2n) is 7.56. The van der Waals surface area contributed by atoms with Crippen molar-refractivity contribution in [3.8, 4) is 0 Å². The van der Waals surface area contributed by atoms with Crippen LogP contribution in [0.4, 0.5) is 15.8 Å². The van der Waals surface area contributed by atoms with Gasteiger partial charge in [-0.25, -0.2) is 17.5 Å². The maximum absolute atomic E-state index is 14.5. The number of hydrogen-bond donors (Lipinski definition) is 2. The number of halogens is 1. The molecular weight excluding hydrogens is 461 g/mol. The molecule has 178 valence electrons. The molecule has 8 nitrogen and oxygen atoms in total. The van der Waals surface area contributed by atoms with Gasteiger partial charge in [0.2, 0.25) is 15.9 Å². The number of hydrogen-bond acceptors (Lipinski definition) is 6. The molecule has 0 bridgehead atoms. The Hall–Kier alpha value is -3.47. The predicted octanol–water partition coefficient (Wildman–Crippen LogP) is 3.39. The van der Waals surface area contributed by atoms with Gasteiger partial charge in [-0.05, 0) is 54.1 Å². The fourth-order valence-electron chi connectivity index (χ4n) is 3.42. The molecule has 0 radical (unpaired) electrons. The number of rotatable bonds is 8. The number of benzene rings is 2. The summed E-state index contributed by atoms with van der Waals surface area (Å²) in [7, 11) is -3.70. The van der Waals surface area contributed by atoms with Crippen molar-refractivity contribution >= 4 is 33.4 Å². The summed E-state index contributed by atoms with van der Waals surface area (Å²) in [6, 6.07) is 14.0. The molecule has 0 spiro atoms. The highest BCUT2D eigenvalue weighted by Gasteiger charge is 2.16. The largest absolute Gasteiger partial charge is 0.468 e. The van der Waals surface area contributed by atoms with Crippen LogP contribution in [-0.4, -0.2) is 40.6 Å². The zero-order valence-corrected chi connectivity index (χ0v) is 19.1. The smallest absolute Gasteiger partial charge is 0.248 e. The van der Waals surface area contributed by atoms with Gasteiger partial charge in [-0.1, -0.05) is 12.1 Å². The van der Waals surface area contributed by atoms with Crippen LogP contribution in [0.3, 0.4) is 0 Å². The monoisotopic (exact) mass is 485 g/mol. The minimum Gasteiger partial charge on any atom is -0.468 e. The summed E-state index contributed by atoms with van der Waals surface area (Å²) in [6.45, 7) is 2.39. The van der Waals surface area contributed by atoms with Gasteiger partial charge in [-0.2, -0.15) is 0 Å². The molecule has 1 aromatic heterocycles. The van der Waals surface area contributed by atoms with Crippen LogP contribution in [0.15, 0.2) is 76.2 Å². The summed E-state index contributed by atoms with van der Waals surface area (Å²) in [5.41, 5.74) is 1.45. The predicted molar refractivity (Wildman–Crippen MR) is 126 cm³/mol. The number of ether oxygens (including phenoxy) is 1. The molecule has 0 aliphatic carbocycles. The van der Waals surface area contributed by atoms with E-state index in [2.05, 4.69) is 10.0 Å². The van der Waals surface area contributed by atoms with Crippen LogP contribution in [0.1, 0.15) is 11.3 Å². The molecule has 1 saturated heterocycles. The molecule has 0 unspecified atom stereocenters. The highest BCUT2D eigenvalue weighted by Crippen LogP contribution is 2.24. The maximum Gasteiger partial charge on any atom is 0.248 e. The summed E-state index contributed by atoms with van der Waals surface area (Å²) in [6.07, 6.45) is 4.31. The average Bonchev–Trinajstić information content (AvgIpc) is 3.36. The number of amides is 1. The van der Waals surface area contributed by atoms with Crippen molar-refractivity contribution in [1.29, 1.82) is 0 Å². The minimum absolute atomic E-state index is 0.0468. The van der Waals surface area contributed by atoms with E-state index in [0.717, 1.165) is 0 Å². The van der Waals surface area contributed by atoms with E-state index < -0.39 is 21.7 Å². The quantitative estimate of drug-likeness (QED) is 0.475. The van der Waals surface area contributed by atoms with Crippen molar-refractivity contribution < 1.29 is 26.8 Å². The van der Waals surface area contributed by atoms with Gasteiger partial charge in [-0.15, -0.1) is 0 Å². The van der Waals surface area contributed by atoms with Gasteiger partial charge in [0, 0.05) is 24.9 Å². The third kappa shape index (κ3) is 6.10. The van der Waals surface area contributed by atoms with E-state index in [9.17, 15) is 17.6 Å². The van der Waals surface area contributed by atoms with E-state index in [1.807, 2.05) is 4.90 Å². The van der Waals surface area contributed by atoms with E-state index in [1.165, 1.54) is 30.5 Å². The van der Waals surface area contributed by atoms with Crippen LogP contribution < -0.4 is 14.9 Å². The second-order valence-corrected chi connectivity index (χ2v) is 9.33. The molecule has 10 heteroatoms. The molecule has 4 rings (SSSR count). The third-order valence-electron chi connectivity index (χ3n) is 5.20. The topological polar surface area (TPSA) is 101 Å². The average molecular weight is 486 g/mol. The number of carbonyl (C=O) groups is 1. The molecule has 1 amide bonds. The van der Waals surface area contributed by atoms with E-state index >= 15 is 0 Å². The summed E-state index contributed by atoms with van der Waals surface area (Å²) in [4.78, 5) is 14.2. The zero-order valence-electron chi connectivity index (χ0n) is 18.2. The van der Waals surface area contributed by atoms with Crippen LogP contribution >= 0.6 is 0 Å². The van der Waals surface area contributed by atoms with Gasteiger partial charge in [0.15, 0.2) is 0 Å². The first-order valence-electron chi connectivity index (χ1n) is 10.6. The Labute approximate surface area is 197 Å². The third-order valence-corrected chi connectivity index (χ3v) is 6.62. The standard InChI is InChI=1S/C24H24FN3O5S/c25-22-16-19(6-9-23(22)28-11-14-32-15-12-28)27-24(29)10-5-18-3-7-21(8-4-18)34(30,31)26-17-20-2-1-13-33-20/h1-10,13,16,26H,11-12,14-15,17H2,(H,27,29)/b10-5+. The minimum atomic E-state index is -3.70. The summed E-state index contributed by atoms with van der Waals surface area (Å²) >= 11 is 0.